The van der Waals surface area contributed by atoms with Gasteiger partial charge in [0.15, 0.2) is 0 Å². The van der Waals surface area contributed by atoms with Gasteiger partial charge in [0.1, 0.15) is 0 Å². The summed E-state index contributed by atoms with van der Waals surface area (Å²) in [6.07, 6.45) is 11.9. The van der Waals surface area contributed by atoms with Gasteiger partial charge in [0.25, 0.3) is 5.91 Å². The van der Waals surface area contributed by atoms with Crippen molar-refractivity contribution in [2.75, 3.05) is 16.0 Å². The fourth-order valence-electron chi connectivity index (χ4n) is 4.55. The fourth-order valence-corrected chi connectivity index (χ4v) is 4.55. The van der Waals surface area contributed by atoms with Gasteiger partial charge in [-0.3, -0.25) is 14.4 Å². The highest BCUT2D eigenvalue weighted by Gasteiger charge is 2.21. The number of nitrogens with one attached hydrogen (secondary N) is 3. The standard InChI is InChI=1S/C27H31N3O3/c31-25(17-19-9-4-5-10-19)29-23-15-6-7-16-24(23)30-27(33)21-13-8-14-22(18-21)28-26(32)20-11-2-1-3-12-20/h4,6-9,13-16,18-20H,1-3,5,10-12,17H2,(H,28,32)(H,29,31)(H,30,33). The van der Waals surface area contributed by atoms with E-state index in [2.05, 4.69) is 28.1 Å². The smallest absolute Gasteiger partial charge is 0.255 e. The lowest BCUT2D eigenvalue weighted by Crippen LogP contribution is -2.25. The number of para-hydroxylation sites is 2. The van der Waals surface area contributed by atoms with Gasteiger partial charge in [-0.2, -0.15) is 0 Å². The van der Waals surface area contributed by atoms with E-state index in [4.69, 9.17) is 0 Å². The van der Waals surface area contributed by atoms with Crippen molar-refractivity contribution in [2.45, 2.75) is 51.4 Å². The molecule has 3 N–H and O–H groups in total. The van der Waals surface area contributed by atoms with Crippen molar-refractivity contribution < 1.29 is 14.4 Å². The topological polar surface area (TPSA) is 87.3 Å². The molecule has 172 valence electrons. The molecule has 6 heteroatoms. The van der Waals surface area contributed by atoms with Gasteiger partial charge in [0, 0.05) is 23.6 Å². The Morgan fingerprint density at radius 2 is 1.58 bits per heavy atom. The van der Waals surface area contributed by atoms with E-state index in [0.717, 1.165) is 38.5 Å². The third kappa shape index (κ3) is 6.31. The number of hydrogen-bond donors (Lipinski definition) is 3. The number of allylic oxidation sites excluding steroid dienone is 2. The number of carbonyl (C=O) groups is 3. The molecular weight excluding hydrogens is 414 g/mol. The van der Waals surface area contributed by atoms with Crippen LogP contribution in [0.25, 0.3) is 0 Å². The van der Waals surface area contributed by atoms with Gasteiger partial charge >= 0.3 is 0 Å². The second-order valence-corrected chi connectivity index (χ2v) is 8.92. The van der Waals surface area contributed by atoms with E-state index in [1.807, 2.05) is 12.1 Å². The first kappa shape index (κ1) is 22.8. The third-order valence-electron chi connectivity index (χ3n) is 6.38. The molecule has 0 bridgehead atoms. The minimum absolute atomic E-state index is 0.0254. The highest BCUT2D eigenvalue weighted by Crippen LogP contribution is 2.27. The lowest BCUT2D eigenvalue weighted by atomic mass is 9.88. The molecule has 2 aromatic rings. The third-order valence-corrected chi connectivity index (χ3v) is 6.38. The Labute approximate surface area is 194 Å². The predicted molar refractivity (Wildman–Crippen MR) is 131 cm³/mol. The van der Waals surface area contributed by atoms with Crippen LogP contribution < -0.4 is 16.0 Å². The molecule has 0 aliphatic heterocycles. The molecule has 1 saturated carbocycles. The molecule has 6 nitrogen and oxygen atoms in total. The van der Waals surface area contributed by atoms with Crippen molar-refractivity contribution in [2.24, 2.45) is 11.8 Å². The molecule has 2 aliphatic rings. The van der Waals surface area contributed by atoms with Crippen molar-refractivity contribution in [3.8, 4) is 0 Å². The molecule has 33 heavy (non-hydrogen) atoms. The predicted octanol–water partition coefficient (Wildman–Crippen LogP) is 5.75. The number of carbonyl (C=O) groups excluding carboxylic acids is 3. The molecule has 0 radical (unpaired) electrons. The fraction of sp³-hybridized carbons (Fsp3) is 0.370. The summed E-state index contributed by atoms with van der Waals surface area (Å²) < 4.78 is 0. The summed E-state index contributed by atoms with van der Waals surface area (Å²) in [7, 11) is 0. The molecule has 0 aromatic heterocycles. The number of amides is 3. The maximum atomic E-state index is 12.9. The van der Waals surface area contributed by atoms with Crippen LogP contribution >= 0.6 is 0 Å². The summed E-state index contributed by atoms with van der Waals surface area (Å²) in [5, 5.41) is 8.77. The second kappa shape index (κ2) is 10.9. The SMILES string of the molecule is O=C(CC1C=CCC1)Nc1ccccc1NC(=O)c1cccc(NC(=O)C2CCCCC2)c1. The van der Waals surface area contributed by atoms with Crippen molar-refractivity contribution in [1.82, 2.24) is 0 Å². The molecule has 0 heterocycles. The first-order valence-corrected chi connectivity index (χ1v) is 11.9. The van der Waals surface area contributed by atoms with Gasteiger partial charge in [-0.15, -0.1) is 0 Å². The number of benzene rings is 2. The molecule has 2 aromatic carbocycles. The molecule has 0 saturated heterocycles. The van der Waals surface area contributed by atoms with Gasteiger partial charge in [0.2, 0.25) is 11.8 Å². The minimum atomic E-state index is -0.302. The van der Waals surface area contributed by atoms with Crippen LogP contribution in [-0.2, 0) is 9.59 Å². The Balaban J connectivity index is 1.39. The average molecular weight is 446 g/mol. The maximum Gasteiger partial charge on any atom is 0.255 e. The van der Waals surface area contributed by atoms with Gasteiger partial charge < -0.3 is 16.0 Å². The Bertz CT molecular complexity index is 1040. The van der Waals surface area contributed by atoms with E-state index in [1.54, 1.807) is 36.4 Å². The maximum absolute atomic E-state index is 12.9. The van der Waals surface area contributed by atoms with Gasteiger partial charge in [-0.1, -0.05) is 49.6 Å². The summed E-state index contributed by atoms with van der Waals surface area (Å²) >= 11 is 0. The van der Waals surface area contributed by atoms with Gasteiger partial charge in [-0.05, 0) is 61.9 Å². The molecule has 2 aliphatic carbocycles. The van der Waals surface area contributed by atoms with E-state index in [0.29, 0.717) is 29.0 Å². The monoisotopic (exact) mass is 445 g/mol. The lowest BCUT2D eigenvalue weighted by Gasteiger charge is -2.20. The van der Waals surface area contributed by atoms with Crippen LogP contribution in [0.1, 0.15) is 61.7 Å². The molecule has 4 rings (SSSR count). The van der Waals surface area contributed by atoms with Crippen LogP contribution in [0.2, 0.25) is 0 Å². The van der Waals surface area contributed by atoms with E-state index >= 15 is 0 Å². The van der Waals surface area contributed by atoms with Crippen molar-refractivity contribution >= 4 is 34.8 Å². The largest absolute Gasteiger partial charge is 0.326 e. The second-order valence-electron chi connectivity index (χ2n) is 8.92. The molecule has 0 spiro atoms. The van der Waals surface area contributed by atoms with Crippen LogP contribution in [0, 0.1) is 11.8 Å². The Kier molecular flexibility index (Phi) is 7.55. The van der Waals surface area contributed by atoms with E-state index in [-0.39, 0.29) is 29.6 Å². The Morgan fingerprint density at radius 3 is 2.30 bits per heavy atom. The first-order chi connectivity index (χ1) is 16.1. The Hall–Kier alpha value is -3.41. The zero-order valence-electron chi connectivity index (χ0n) is 18.8. The van der Waals surface area contributed by atoms with E-state index < -0.39 is 0 Å². The summed E-state index contributed by atoms with van der Waals surface area (Å²) in [5.41, 5.74) is 2.16. The van der Waals surface area contributed by atoms with Crippen molar-refractivity contribution in [1.29, 1.82) is 0 Å². The van der Waals surface area contributed by atoms with Crippen LogP contribution in [0.3, 0.4) is 0 Å². The van der Waals surface area contributed by atoms with Crippen LogP contribution in [0.5, 0.6) is 0 Å². The normalized spacial score (nSPS) is 18.0. The first-order valence-electron chi connectivity index (χ1n) is 11.9. The zero-order valence-corrected chi connectivity index (χ0v) is 18.8. The zero-order chi connectivity index (χ0) is 23.0. The van der Waals surface area contributed by atoms with E-state index in [9.17, 15) is 14.4 Å². The lowest BCUT2D eigenvalue weighted by molar-refractivity contribution is -0.120. The van der Waals surface area contributed by atoms with Crippen LogP contribution in [-0.4, -0.2) is 17.7 Å². The Morgan fingerprint density at radius 1 is 0.818 bits per heavy atom. The quantitative estimate of drug-likeness (QED) is 0.474. The van der Waals surface area contributed by atoms with E-state index in [1.165, 1.54) is 6.42 Å². The van der Waals surface area contributed by atoms with Crippen molar-refractivity contribution in [3.05, 3.63) is 66.2 Å². The molecule has 3 amide bonds. The minimum Gasteiger partial charge on any atom is -0.326 e. The highest BCUT2D eigenvalue weighted by molar-refractivity contribution is 6.08. The summed E-state index contributed by atoms with van der Waals surface area (Å²) in [4.78, 5) is 37.9. The summed E-state index contributed by atoms with van der Waals surface area (Å²) in [5.74, 6) is -0.0213. The molecule has 1 atom stereocenters. The number of hydrogen-bond acceptors (Lipinski definition) is 3. The van der Waals surface area contributed by atoms with Crippen LogP contribution in [0.4, 0.5) is 17.1 Å². The van der Waals surface area contributed by atoms with Gasteiger partial charge in [-0.25, -0.2) is 0 Å². The average Bonchev–Trinajstić information content (AvgIpc) is 3.34. The molecular formula is C27H31N3O3. The summed E-state index contributed by atoms with van der Waals surface area (Å²) in [6.45, 7) is 0. The molecule has 1 fully saturated rings. The van der Waals surface area contributed by atoms with Crippen LogP contribution in [0.15, 0.2) is 60.7 Å². The van der Waals surface area contributed by atoms with Crippen molar-refractivity contribution in [3.63, 3.8) is 0 Å². The summed E-state index contributed by atoms with van der Waals surface area (Å²) in [6, 6.07) is 14.1. The number of anilines is 3. The highest BCUT2D eigenvalue weighted by atomic mass is 16.2. The molecule has 1 unspecified atom stereocenters. The number of rotatable bonds is 7. The van der Waals surface area contributed by atoms with Gasteiger partial charge in [0.05, 0.1) is 11.4 Å².